The van der Waals surface area contributed by atoms with E-state index in [1.165, 1.54) is 24.3 Å². The summed E-state index contributed by atoms with van der Waals surface area (Å²) in [5.41, 5.74) is 3.81. The second-order valence-corrected chi connectivity index (χ2v) is 10.7. The first-order valence-electron chi connectivity index (χ1n) is 10.4. The van der Waals surface area contributed by atoms with Gasteiger partial charge >= 0.3 is 0 Å². The van der Waals surface area contributed by atoms with Gasteiger partial charge in [0.15, 0.2) is 0 Å². The molecule has 0 saturated carbocycles. The minimum absolute atomic E-state index is 0.0912. The maximum Gasteiger partial charge on any atom is 0.238 e. The van der Waals surface area contributed by atoms with Crippen LogP contribution >= 0.6 is 0 Å². The van der Waals surface area contributed by atoms with Crippen molar-refractivity contribution >= 4 is 32.5 Å². The van der Waals surface area contributed by atoms with Crippen molar-refractivity contribution in [2.75, 3.05) is 13.1 Å². The van der Waals surface area contributed by atoms with E-state index in [2.05, 4.69) is 9.98 Å². The van der Waals surface area contributed by atoms with Crippen LogP contribution in [-0.4, -0.2) is 42.4 Å². The topological polar surface area (TPSA) is 145 Å². The lowest BCUT2D eigenvalue weighted by molar-refractivity contribution is 0.596. The van der Waals surface area contributed by atoms with Crippen LogP contribution in [0.3, 0.4) is 0 Å². The summed E-state index contributed by atoms with van der Waals surface area (Å²) in [4.78, 5) is 9.15. The Morgan fingerprint density at radius 3 is 1.26 bits per heavy atom. The summed E-state index contributed by atoms with van der Waals surface area (Å²) in [5.74, 6) is 0. The first-order chi connectivity index (χ1) is 16.1. The van der Waals surface area contributed by atoms with Gasteiger partial charge in [-0.3, -0.25) is 9.98 Å². The van der Waals surface area contributed by atoms with Crippen LogP contribution in [0.4, 0.5) is 0 Å². The van der Waals surface area contributed by atoms with Crippen molar-refractivity contribution < 1.29 is 16.8 Å². The van der Waals surface area contributed by atoms with Crippen LogP contribution in [-0.2, 0) is 32.9 Å². The van der Waals surface area contributed by atoms with E-state index in [9.17, 15) is 16.8 Å². The third-order valence-corrected chi connectivity index (χ3v) is 6.88. The van der Waals surface area contributed by atoms with Crippen molar-refractivity contribution in [1.29, 1.82) is 0 Å². The molecule has 34 heavy (non-hydrogen) atoms. The van der Waals surface area contributed by atoms with E-state index in [-0.39, 0.29) is 9.79 Å². The average molecular weight is 499 g/mol. The normalized spacial score (nSPS) is 12.5. The van der Waals surface area contributed by atoms with Crippen molar-refractivity contribution in [3.63, 3.8) is 0 Å². The molecule has 0 bridgehead atoms. The Hall–Kier alpha value is -3.18. The Bertz CT molecular complexity index is 1270. The Kier molecular flexibility index (Phi) is 8.46. The molecule has 0 spiro atoms. The Labute approximate surface area is 200 Å². The van der Waals surface area contributed by atoms with Gasteiger partial charge in [-0.05, 0) is 48.2 Å². The third kappa shape index (κ3) is 7.70. The molecule has 0 amide bonds. The summed E-state index contributed by atoms with van der Waals surface area (Å²) in [6.07, 6.45) is 4.93. The van der Waals surface area contributed by atoms with Crippen LogP contribution in [0.1, 0.15) is 22.3 Å². The Morgan fingerprint density at radius 1 is 0.588 bits per heavy atom. The van der Waals surface area contributed by atoms with Crippen LogP contribution in [0.5, 0.6) is 0 Å². The largest absolute Gasteiger partial charge is 0.292 e. The summed E-state index contributed by atoms with van der Waals surface area (Å²) < 4.78 is 45.3. The fourth-order valence-electron chi connectivity index (χ4n) is 3.15. The molecular formula is C24H26N4O4S2. The maximum atomic E-state index is 11.3. The molecule has 0 unspecified atom stereocenters. The zero-order chi connectivity index (χ0) is 24.6. The molecule has 0 aliphatic heterocycles. The molecule has 8 nitrogen and oxygen atoms in total. The number of aliphatic imine (C=N–C) groups is 2. The summed E-state index contributed by atoms with van der Waals surface area (Å²) in [6, 6.07) is 20.7. The molecule has 0 saturated heterocycles. The summed E-state index contributed by atoms with van der Waals surface area (Å²) in [7, 11) is -7.37. The molecule has 178 valence electrons. The van der Waals surface area contributed by atoms with Crippen molar-refractivity contribution in [2.45, 2.75) is 22.6 Å². The van der Waals surface area contributed by atoms with Crippen LogP contribution in [0.25, 0.3) is 0 Å². The first-order valence-corrected chi connectivity index (χ1v) is 13.5. The minimum atomic E-state index is -3.69. The van der Waals surface area contributed by atoms with Gasteiger partial charge < -0.3 is 0 Å². The Morgan fingerprint density at radius 2 is 0.941 bits per heavy atom. The number of benzene rings is 3. The smallest absolute Gasteiger partial charge is 0.238 e. The molecular weight excluding hydrogens is 472 g/mol. The van der Waals surface area contributed by atoms with Gasteiger partial charge in [0.05, 0.1) is 9.79 Å². The molecule has 3 aromatic rings. The van der Waals surface area contributed by atoms with E-state index in [1.54, 1.807) is 36.7 Å². The summed E-state index contributed by atoms with van der Waals surface area (Å²) in [6.45, 7) is 1.10. The summed E-state index contributed by atoms with van der Waals surface area (Å²) in [5, 5.41) is 10.2. The second kappa shape index (κ2) is 11.3. The van der Waals surface area contributed by atoms with E-state index in [0.717, 1.165) is 22.3 Å². The zero-order valence-corrected chi connectivity index (χ0v) is 20.0. The van der Waals surface area contributed by atoms with Gasteiger partial charge in [0, 0.05) is 36.6 Å². The highest BCUT2D eigenvalue weighted by molar-refractivity contribution is 7.89. The van der Waals surface area contributed by atoms with E-state index in [4.69, 9.17) is 10.3 Å². The molecule has 10 heteroatoms. The van der Waals surface area contributed by atoms with Crippen molar-refractivity contribution in [2.24, 2.45) is 20.3 Å². The van der Waals surface area contributed by atoms with Gasteiger partial charge in [0.25, 0.3) is 0 Å². The maximum absolute atomic E-state index is 11.3. The van der Waals surface area contributed by atoms with Gasteiger partial charge in [-0.15, -0.1) is 0 Å². The quantitative estimate of drug-likeness (QED) is 0.413. The van der Waals surface area contributed by atoms with Crippen LogP contribution < -0.4 is 10.3 Å². The van der Waals surface area contributed by atoms with Crippen molar-refractivity contribution in [3.8, 4) is 0 Å². The molecule has 0 radical (unpaired) electrons. The molecule has 3 rings (SSSR count). The van der Waals surface area contributed by atoms with Gasteiger partial charge in [0.2, 0.25) is 20.0 Å². The van der Waals surface area contributed by atoms with Crippen LogP contribution in [0.2, 0.25) is 0 Å². The first kappa shape index (κ1) is 25.4. The van der Waals surface area contributed by atoms with Crippen LogP contribution in [0, 0.1) is 0 Å². The molecule has 0 aliphatic carbocycles. The van der Waals surface area contributed by atoms with E-state index >= 15 is 0 Å². The summed E-state index contributed by atoms with van der Waals surface area (Å²) >= 11 is 0. The number of sulfonamides is 2. The lowest BCUT2D eigenvalue weighted by atomic mass is 10.1. The number of nitrogens with zero attached hydrogens (tertiary/aromatic N) is 2. The number of primary sulfonamides is 2. The number of hydrogen-bond acceptors (Lipinski definition) is 6. The zero-order valence-electron chi connectivity index (χ0n) is 18.4. The molecule has 0 aromatic heterocycles. The van der Waals surface area contributed by atoms with E-state index in [0.29, 0.717) is 25.9 Å². The molecule has 0 heterocycles. The van der Waals surface area contributed by atoms with Crippen molar-refractivity contribution in [1.82, 2.24) is 0 Å². The number of rotatable bonds is 10. The molecule has 3 aromatic carbocycles. The minimum Gasteiger partial charge on any atom is -0.292 e. The van der Waals surface area contributed by atoms with Gasteiger partial charge in [-0.1, -0.05) is 48.5 Å². The van der Waals surface area contributed by atoms with Crippen molar-refractivity contribution in [3.05, 3.63) is 95.1 Å². The second-order valence-electron chi connectivity index (χ2n) is 7.58. The molecule has 4 N–H and O–H groups in total. The molecule has 0 fully saturated rings. The molecule has 0 aliphatic rings. The number of nitrogens with two attached hydrogens (primary N) is 2. The fourth-order valence-corrected chi connectivity index (χ4v) is 4.18. The van der Waals surface area contributed by atoms with E-state index in [1.807, 2.05) is 24.3 Å². The van der Waals surface area contributed by atoms with Gasteiger partial charge in [-0.25, -0.2) is 27.1 Å². The Balaban J connectivity index is 1.53. The average Bonchev–Trinajstić information content (AvgIpc) is 2.80. The highest BCUT2D eigenvalue weighted by Crippen LogP contribution is 2.11. The lowest BCUT2D eigenvalue weighted by Gasteiger charge is -2.03. The van der Waals surface area contributed by atoms with Gasteiger partial charge in [-0.2, -0.15) is 0 Å². The highest BCUT2D eigenvalue weighted by atomic mass is 32.2. The van der Waals surface area contributed by atoms with Gasteiger partial charge in [0.1, 0.15) is 0 Å². The SMILES string of the molecule is NS(=O)(=O)c1ccc(CCN=Cc2ccccc2C=NCCc2ccc(S(N)(=O)=O)cc2)cc1. The predicted molar refractivity (Wildman–Crippen MR) is 134 cm³/mol. The van der Waals surface area contributed by atoms with Crippen LogP contribution in [0.15, 0.2) is 92.6 Å². The monoisotopic (exact) mass is 498 g/mol. The predicted octanol–water partition coefficient (Wildman–Crippen LogP) is 2.30. The molecule has 0 atom stereocenters. The highest BCUT2D eigenvalue weighted by Gasteiger charge is 2.07. The lowest BCUT2D eigenvalue weighted by Crippen LogP contribution is -2.11. The van der Waals surface area contributed by atoms with E-state index < -0.39 is 20.0 Å². The number of hydrogen-bond donors (Lipinski definition) is 2. The fraction of sp³-hybridized carbons (Fsp3) is 0.167. The third-order valence-electron chi connectivity index (χ3n) is 5.02. The standard InChI is InChI=1S/C24H26N4O4S2/c25-33(29,30)23-9-5-19(6-10-23)13-15-27-17-21-3-1-2-4-22(21)18-28-16-14-20-7-11-24(12-8-20)34(26,31)32/h1-12,17-18H,13-16H2,(H2,25,29,30)(H2,26,31,32).